The van der Waals surface area contributed by atoms with Crippen molar-refractivity contribution in [2.45, 2.75) is 45.4 Å². The van der Waals surface area contributed by atoms with Gasteiger partial charge in [-0.3, -0.25) is 25.0 Å². The predicted molar refractivity (Wildman–Crippen MR) is 76.7 cm³/mol. The lowest BCUT2D eigenvalue weighted by atomic mass is 10.1. The van der Waals surface area contributed by atoms with Gasteiger partial charge in [-0.2, -0.15) is 0 Å². The van der Waals surface area contributed by atoms with Crippen molar-refractivity contribution in [3.05, 3.63) is 34.1 Å². The van der Waals surface area contributed by atoms with Crippen LogP contribution in [0.4, 0.5) is 5.69 Å². The fraction of sp³-hybridized carbons (Fsp3) is 0.500. The van der Waals surface area contributed by atoms with Crippen LogP contribution in [-0.2, 0) is 4.79 Å². The molecule has 0 spiro atoms. The zero-order valence-corrected chi connectivity index (χ0v) is 12.0. The number of hydrogen-bond acceptors (Lipinski definition) is 5. The van der Waals surface area contributed by atoms with E-state index in [9.17, 15) is 19.7 Å². The van der Waals surface area contributed by atoms with Crippen molar-refractivity contribution in [3.63, 3.8) is 0 Å². The van der Waals surface area contributed by atoms with Gasteiger partial charge in [-0.05, 0) is 12.5 Å². The number of pyridine rings is 1. The number of amides is 2. The van der Waals surface area contributed by atoms with Crippen molar-refractivity contribution in [2.75, 3.05) is 0 Å². The zero-order valence-electron chi connectivity index (χ0n) is 12.0. The van der Waals surface area contributed by atoms with Crippen molar-refractivity contribution in [2.24, 2.45) is 0 Å². The van der Waals surface area contributed by atoms with E-state index >= 15 is 0 Å². The zero-order chi connectivity index (χ0) is 15.7. The smallest absolute Gasteiger partial charge is 0.287 e. The van der Waals surface area contributed by atoms with E-state index in [1.165, 1.54) is 12.1 Å². The van der Waals surface area contributed by atoms with Gasteiger partial charge < -0.3 is 0 Å². The lowest BCUT2D eigenvalue weighted by Gasteiger charge is -2.03. The summed E-state index contributed by atoms with van der Waals surface area (Å²) >= 11 is 0. The highest BCUT2D eigenvalue weighted by Crippen LogP contribution is 2.09. The molecule has 1 rings (SSSR count). The molecule has 0 atom stereocenters. The topological polar surface area (TPSA) is 102 Å². The number of imide groups is 1. The SMILES string of the molecule is CCCCCCCC(=O)NC(=O)c1ccc([N+](=O)[O-])cn1. The molecule has 7 nitrogen and oxygen atoms in total. The summed E-state index contributed by atoms with van der Waals surface area (Å²) in [5, 5.41) is 12.7. The molecule has 0 saturated carbocycles. The number of hydrogen-bond donors (Lipinski definition) is 1. The highest BCUT2D eigenvalue weighted by molar-refractivity contribution is 6.03. The molecule has 0 aliphatic heterocycles. The van der Waals surface area contributed by atoms with Crippen LogP contribution < -0.4 is 5.32 Å². The Morgan fingerprint density at radius 3 is 2.52 bits per heavy atom. The summed E-state index contributed by atoms with van der Waals surface area (Å²) in [5.41, 5.74) is -0.214. The first-order chi connectivity index (χ1) is 10.0. The van der Waals surface area contributed by atoms with Gasteiger partial charge in [0.25, 0.3) is 11.6 Å². The van der Waals surface area contributed by atoms with Crippen molar-refractivity contribution in [1.29, 1.82) is 0 Å². The Morgan fingerprint density at radius 1 is 1.24 bits per heavy atom. The van der Waals surface area contributed by atoms with Crippen LogP contribution in [0.1, 0.15) is 55.9 Å². The molecule has 21 heavy (non-hydrogen) atoms. The average molecular weight is 293 g/mol. The molecule has 1 aromatic rings. The fourth-order valence-corrected chi connectivity index (χ4v) is 1.77. The molecule has 0 aliphatic carbocycles. The Hall–Kier alpha value is -2.31. The predicted octanol–water partition coefficient (Wildman–Crippen LogP) is 2.61. The van der Waals surface area contributed by atoms with E-state index in [2.05, 4.69) is 17.2 Å². The Bertz CT molecular complexity index is 499. The summed E-state index contributed by atoms with van der Waals surface area (Å²) in [6, 6.07) is 2.40. The van der Waals surface area contributed by atoms with E-state index in [0.717, 1.165) is 38.3 Å². The molecular weight excluding hydrogens is 274 g/mol. The van der Waals surface area contributed by atoms with Crippen LogP contribution >= 0.6 is 0 Å². The molecule has 1 aromatic heterocycles. The minimum atomic E-state index is -0.636. The number of rotatable bonds is 8. The third kappa shape index (κ3) is 6.11. The molecule has 114 valence electrons. The number of unbranched alkanes of at least 4 members (excludes halogenated alkanes) is 4. The summed E-state index contributed by atoms with van der Waals surface area (Å²) in [5.74, 6) is -0.986. The fourth-order valence-electron chi connectivity index (χ4n) is 1.77. The Labute approximate surface area is 122 Å². The second kappa shape index (κ2) is 8.78. The van der Waals surface area contributed by atoms with Gasteiger partial charge in [0.05, 0.1) is 4.92 Å². The van der Waals surface area contributed by atoms with Crippen LogP contribution in [0.3, 0.4) is 0 Å². The molecule has 0 fully saturated rings. The highest BCUT2D eigenvalue weighted by Gasteiger charge is 2.13. The third-order valence-corrected chi connectivity index (χ3v) is 2.95. The summed E-state index contributed by atoms with van der Waals surface area (Å²) in [6.45, 7) is 2.11. The molecule has 0 aliphatic rings. The Balaban J connectivity index is 2.38. The molecule has 0 radical (unpaired) electrons. The number of nitro groups is 1. The van der Waals surface area contributed by atoms with Gasteiger partial charge in [0.2, 0.25) is 5.91 Å². The van der Waals surface area contributed by atoms with Gasteiger partial charge in [0.1, 0.15) is 11.9 Å². The van der Waals surface area contributed by atoms with Crippen LogP contribution in [0.15, 0.2) is 18.3 Å². The molecule has 2 amide bonds. The molecular formula is C14H19N3O4. The third-order valence-electron chi connectivity index (χ3n) is 2.95. The summed E-state index contributed by atoms with van der Waals surface area (Å²) < 4.78 is 0. The van der Waals surface area contributed by atoms with E-state index in [0.29, 0.717) is 6.42 Å². The second-order valence-corrected chi connectivity index (χ2v) is 4.70. The molecule has 1 N–H and O–H groups in total. The van der Waals surface area contributed by atoms with E-state index in [1.807, 2.05) is 0 Å². The molecule has 7 heteroatoms. The summed E-state index contributed by atoms with van der Waals surface area (Å²) in [7, 11) is 0. The van der Waals surface area contributed by atoms with Crippen LogP contribution in [0, 0.1) is 10.1 Å². The Morgan fingerprint density at radius 2 is 1.95 bits per heavy atom. The quantitative estimate of drug-likeness (QED) is 0.451. The minimum Gasteiger partial charge on any atom is -0.291 e. The minimum absolute atomic E-state index is 0.0140. The van der Waals surface area contributed by atoms with E-state index in [-0.39, 0.29) is 17.3 Å². The van der Waals surface area contributed by atoms with Crippen molar-refractivity contribution >= 4 is 17.5 Å². The maximum absolute atomic E-state index is 11.7. The lowest BCUT2D eigenvalue weighted by Crippen LogP contribution is -2.30. The summed E-state index contributed by atoms with van der Waals surface area (Å²) in [6.07, 6.45) is 6.36. The maximum atomic E-state index is 11.7. The average Bonchev–Trinajstić information content (AvgIpc) is 2.47. The largest absolute Gasteiger partial charge is 0.291 e. The van der Waals surface area contributed by atoms with Gasteiger partial charge >= 0.3 is 0 Å². The maximum Gasteiger partial charge on any atom is 0.287 e. The van der Waals surface area contributed by atoms with Crippen molar-refractivity contribution < 1.29 is 14.5 Å². The van der Waals surface area contributed by atoms with Crippen LogP contribution in [-0.4, -0.2) is 21.7 Å². The van der Waals surface area contributed by atoms with Gasteiger partial charge in [0, 0.05) is 12.5 Å². The first-order valence-corrected chi connectivity index (χ1v) is 6.99. The van der Waals surface area contributed by atoms with Crippen molar-refractivity contribution in [1.82, 2.24) is 10.3 Å². The monoisotopic (exact) mass is 293 g/mol. The standard InChI is InChI=1S/C14H19N3O4/c1-2-3-4-5-6-7-13(18)16-14(19)12-9-8-11(10-15-12)17(20)21/h8-10H,2-7H2,1H3,(H,16,18,19). The number of carbonyl (C=O) groups is 2. The number of nitrogens with one attached hydrogen (secondary N) is 1. The normalized spacial score (nSPS) is 10.1. The molecule has 1 heterocycles. The summed E-state index contributed by atoms with van der Waals surface area (Å²) in [4.78, 5) is 36.8. The van der Waals surface area contributed by atoms with E-state index in [1.54, 1.807) is 0 Å². The first-order valence-electron chi connectivity index (χ1n) is 6.99. The van der Waals surface area contributed by atoms with Gasteiger partial charge in [0.15, 0.2) is 0 Å². The molecule has 0 bridgehead atoms. The highest BCUT2D eigenvalue weighted by atomic mass is 16.6. The van der Waals surface area contributed by atoms with E-state index in [4.69, 9.17) is 0 Å². The van der Waals surface area contributed by atoms with Gasteiger partial charge in [-0.15, -0.1) is 0 Å². The molecule has 0 aromatic carbocycles. The lowest BCUT2D eigenvalue weighted by molar-refractivity contribution is -0.385. The first kappa shape index (κ1) is 16.7. The van der Waals surface area contributed by atoms with Crippen LogP contribution in [0.2, 0.25) is 0 Å². The molecule has 0 unspecified atom stereocenters. The van der Waals surface area contributed by atoms with E-state index < -0.39 is 10.8 Å². The van der Waals surface area contributed by atoms with Crippen LogP contribution in [0.25, 0.3) is 0 Å². The van der Waals surface area contributed by atoms with Gasteiger partial charge in [-0.1, -0.05) is 32.6 Å². The second-order valence-electron chi connectivity index (χ2n) is 4.70. The van der Waals surface area contributed by atoms with Crippen LogP contribution in [0.5, 0.6) is 0 Å². The van der Waals surface area contributed by atoms with Crippen molar-refractivity contribution in [3.8, 4) is 0 Å². The number of aromatic nitrogens is 1. The number of carbonyl (C=O) groups excluding carboxylic acids is 2. The molecule has 0 saturated heterocycles. The number of nitrogens with zero attached hydrogens (tertiary/aromatic N) is 2. The Kier molecular flexibility index (Phi) is 7.00. The van der Waals surface area contributed by atoms with Gasteiger partial charge in [-0.25, -0.2) is 4.98 Å².